The highest BCUT2D eigenvalue weighted by Crippen LogP contribution is 2.21. The lowest BCUT2D eigenvalue weighted by Gasteiger charge is -2.18. The molecule has 19 heavy (non-hydrogen) atoms. The zero-order valence-electron chi connectivity index (χ0n) is 10.7. The zero-order valence-corrected chi connectivity index (χ0v) is 11.5. The Bertz CT molecular complexity index is 572. The van der Waals surface area contributed by atoms with Crippen LogP contribution in [0, 0.1) is 5.82 Å². The van der Waals surface area contributed by atoms with Crippen LogP contribution in [0.15, 0.2) is 42.5 Å². The van der Waals surface area contributed by atoms with E-state index < -0.39 is 0 Å². The fourth-order valence-electron chi connectivity index (χ4n) is 1.98. The van der Waals surface area contributed by atoms with E-state index in [1.165, 1.54) is 6.07 Å². The first-order chi connectivity index (χ1) is 9.06. The Labute approximate surface area is 117 Å². The van der Waals surface area contributed by atoms with Crippen molar-refractivity contribution in [1.29, 1.82) is 0 Å². The van der Waals surface area contributed by atoms with Crippen LogP contribution in [0.2, 0.25) is 5.02 Å². The van der Waals surface area contributed by atoms with Crippen LogP contribution in [0.5, 0.6) is 0 Å². The SMILES string of the molecule is CN(Cc1ccccc1F)Cc1cc(N)ccc1Cl. The summed E-state index contributed by atoms with van der Waals surface area (Å²) < 4.78 is 13.6. The van der Waals surface area contributed by atoms with Gasteiger partial charge in [0, 0.05) is 29.4 Å². The first-order valence-corrected chi connectivity index (χ1v) is 6.40. The summed E-state index contributed by atoms with van der Waals surface area (Å²) in [5.74, 6) is -0.187. The van der Waals surface area contributed by atoms with Crippen LogP contribution in [0.25, 0.3) is 0 Å². The molecule has 0 saturated carbocycles. The molecule has 4 heteroatoms. The van der Waals surface area contributed by atoms with E-state index in [0.717, 1.165) is 5.56 Å². The standard InChI is InChI=1S/C15H16ClFN2/c1-19(9-11-4-2-3-5-15(11)17)10-12-8-13(18)6-7-14(12)16/h2-8H,9-10,18H2,1H3. The third-order valence-corrected chi connectivity index (χ3v) is 3.28. The molecule has 2 N–H and O–H groups in total. The molecule has 0 amide bonds. The maximum Gasteiger partial charge on any atom is 0.127 e. The molecule has 0 saturated heterocycles. The molecule has 0 aliphatic rings. The maximum atomic E-state index is 13.6. The van der Waals surface area contributed by atoms with E-state index in [1.807, 2.05) is 24.1 Å². The van der Waals surface area contributed by atoms with E-state index in [9.17, 15) is 4.39 Å². The molecule has 0 bridgehead atoms. The van der Waals surface area contributed by atoms with Crippen LogP contribution in [-0.4, -0.2) is 11.9 Å². The fourth-order valence-corrected chi connectivity index (χ4v) is 2.16. The van der Waals surface area contributed by atoms with E-state index in [0.29, 0.717) is 29.4 Å². The summed E-state index contributed by atoms with van der Waals surface area (Å²) in [5, 5.41) is 0.676. The Morgan fingerprint density at radius 2 is 1.79 bits per heavy atom. The molecule has 0 aromatic heterocycles. The molecule has 0 aliphatic heterocycles. The first-order valence-electron chi connectivity index (χ1n) is 6.02. The minimum Gasteiger partial charge on any atom is -0.399 e. The molecule has 0 fully saturated rings. The quantitative estimate of drug-likeness (QED) is 0.864. The van der Waals surface area contributed by atoms with Crippen LogP contribution in [0.3, 0.4) is 0 Å². The van der Waals surface area contributed by atoms with E-state index in [2.05, 4.69) is 0 Å². The van der Waals surface area contributed by atoms with E-state index >= 15 is 0 Å². The van der Waals surface area contributed by atoms with E-state index in [1.54, 1.807) is 24.3 Å². The smallest absolute Gasteiger partial charge is 0.127 e. The Kier molecular flexibility index (Phi) is 4.40. The average Bonchev–Trinajstić information content (AvgIpc) is 2.37. The fraction of sp³-hybridized carbons (Fsp3) is 0.200. The molecular weight excluding hydrogens is 263 g/mol. The van der Waals surface area contributed by atoms with Crippen molar-refractivity contribution in [2.45, 2.75) is 13.1 Å². The lowest BCUT2D eigenvalue weighted by Crippen LogP contribution is -2.18. The van der Waals surface area contributed by atoms with Crippen molar-refractivity contribution in [1.82, 2.24) is 4.90 Å². The van der Waals surface area contributed by atoms with Gasteiger partial charge < -0.3 is 5.73 Å². The Balaban J connectivity index is 2.07. The minimum absolute atomic E-state index is 0.187. The number of nitrogen functional groups attached to an aromatic ring is 1. The van der Waals surface area contributed by atoms with Gasteiger partial charge in [-0.2, -0.15) is 0 Å². The van der Waals surface area contributed by atoms with Crippen LogP contribution in [-0.2, 0) is 13.1 Å². The van der Waals surface area contributed by atoms with Crippen molar-refractivity contribution in [3.63, 3.8) is 0 Å². The number of benzene rings is 2. The van der Waals surface area contributed by atoms with Crippen molar-refractivity contribution in [3.05, 3.63) is 64.4 Å². The zero-order chi connectivity index (χ0) is 13.8. The molecule has 2 rings (SSSR count). The van der Waals surface area contributed by atoms with Crippen molar-refractivity contribution in [2.75, 3.05) is 12.8 Å². The van der Waals surface area contributed by atoms with Crippen LogP contribution in [0.4, 0.5) is 10.1 Å². The van der Waals surface area contributed by atoms with Gasteiger partial charge in [0.25, 0.3) is 0 Å². The molecule has 0 aliphatic carbocycles. The Morgan fingerprint density at radius 1 is 1.11 bits per heavy atom. The number of hydrogen-bond donors (Lipinski definition) is 1. The van der Waals surface area contributed by atoms with Crippen molar-refractivity contribution in [3.8, 4) is 0 Å². The van der Waals surface area contributed by atoms with Gasteiger partial charge >= 0.3 is 0 Å². The average molecular weight is 279 g/mol. The summed E-state index contributed by atoms with van der Waals surface area (Å²) in [5.41, 5.74) is 8.04. The Morgan fingerprint density at radius 3 is 2.53 bits per heavy atom. The van der Waals surface area contributed by atoms with Crippen molar-refractivity contribution >= 4 is 17.3 Å². The predicted octanol–water partition coefficient (Wildman–Crippen LogP) is 3.69. The highest BCUT2D eigenvalue weighted by molar-refractivity contribution is 6.31. The molecule has 2 aromatic rings. The van der Waals surface area contributed by atoms with Crippen LogP contribution < -0.4 is 5.73 Å². The highest BCUT2D eigenvalue weighted by atomic mass is 35.5. The normalized spacial score (nSPS) is 10.9. The van der Waals surface area contributed by atoms with Gasteiger partial charge in [0.15, 0.2) is 0 Å². The third-order valence-electron chi connectivity index (χ3n) is 2.91. The number of halogens is 2. The van der Waals surface area contributed by atoms with Crippen LogP contribution in [0.1, 0.15) is 11.1 Å². The predicted molar refractivity (Wildman–Crippen MR) is 77.4 cm³/mol. The number of rotatable bonds is 4. The summed E-state index contributed by atoms with van der Waals surface area (Å²) in [6.45, 7) is 1.15. The Hall–Kier alpha value is -1.58. The molecule has 0 radical (unpaired) electrons. The molecule has 2 nitrogen and oxygen atoms in total. The van der Waals surface area contributed by atoms with Gasteiger partial charge in [-0.1, -0.05) is 29.8 Å². The molecule has 0 heterocycles. The summed E-state index contributed by atoms with van der Waals surface area (Å²) in [4.78, 5) is 2.00. The van der Waals surface area contributed by atoms with E-state index in [4.69, 9.17) is 17.3 Å². The summed E-state index contributed by atoms with van der Waals surface area (Å²) in [6.07, 6.45) is 0. The van der Waals surface area contributed by atoms with Gasteiger partial charge in [-0.25, -0.2) is 4.39 Å². The second-order valence-corrected chi connectivity index (χ2v) is 5.02. The van der Waals surface area contributed by atoms with E-state index in [-0.39, 0.29) is 5.82 Å². The molecule has 0 atom stereocenters. The lowest BCUT2D eigenvalue weighted by molar-refractivity contribution is 0.313. The first kappa shape index (κ1) is 13.8. The second kappa shape index (κ2) is 6.04. The maximum absolute atomic E-state index is 13.6. The molecule has 0 spiro atoms. The van der Waals surface area contributed by atoms with Crippen LogP contribution >= 0.6 is 11.6 Å². The van der Waals surface area contributed by atoms with Gasteiger partial charge in [-0.05, 0) is 36.9 Å². The minimum atomic E-state index is -0.187. The van der Waals surface area contributed by atoms with Gasteiger partial charge in [-0.15, -0.1) is 0 Å². The summed E-state index contributed by atoms with van der Waals surface area (Å²) >= 11 is 6.12. The van der Waals surface area contributed by atoms with Crippen molar-refractivity contribution < 1.29 is 4.39 Å². The van der Waals surface area contributed by atoms with Gasteiger partial charge in [0.1, 0.15) is 5.82 Å². The van der Waals surface area contributed by atoms with Gasteiger partial charge in [-0.3, -0.25) is 4.90 Å². The highest BCUT2D eigenvalue weighted by Gasteiger charge is 2.08. The monoisotopic (exact) mass is 278 g/mol. The van der Waals surface area contributed by atoms with Crippen molar-refractivity contribution in [2.24, 2.45) is 0 Å². The molecular formula is C15H16ClFN2. The number of anilines is 1. The molecule has 0 unspecified atom stereocenters. The van der Waals surface area contributed by atoms with Gasteiger partial charge in [0.2, 0.25) is 0 Å². The summed E-state index contributed by atoms with van der Waals surface area (Å²) in [6, 6.07) is 12.2. The second-order valence-electron chi connectivity index (χ2n) is 4.61. The lowest BCUT2D eigenvalue weighted by atomic mass is 10.1. The molecule has 2 aromatic carbocycles. The summed E-state index contributed by atoms with van der Waals surface area (Å²) in [7, 11) is 1.92. The number of hydrogen-bond acceptors (Lipinski definition) is 2. The van der Waals surface area contributed by atoms with Gasteiger partial charge in [0.05, 0.1) is 0 Å². The topological polar surface area (TPSA) is 29.3 Å². The number of nitrogens with two attached hydrogens (primary N) is 1. The third kappa shape index (κ3) is 3.69. The molecule has 100 valence electrons. The number of nitrogens with zero attached hydrogens (tertiary/aromatic N) is 1. The largest absolute Gasteiger partial charge is 0.399 e.